The second-order valence-corrected chi connectivity index (χ2v) is 8.52. The van der Waals surface area contributed by atoms with Gasteiger partial charge in [0.15, 0.2) is 0 Å². The van der Waals surface area contributed by atoms with E-state index in [0.29, 0.717) is 17.7 Å². The topological polar surface area (TPSA) is 75.3 Å². The molecule has 0 unspecified atom stereocenters. The Morgan fingerprint density at radius 2 is 1.84 bits per heavy atom. The molecule has 0 heterocycles. The van der Waals surface area contributed by atoms with Gasteiger partial charge in [-0.2, -0.15) is 0 Å². The van der Waals surface area contributed by atoms with Crippen molar-refractivity contribution in [2.24, 2.45) is 0 Å². The van der Waals surface area contributed by atoms with Crippen molar-refractivity contribution in [1.29, 1.82) is 0 Å². The van der Waals surface area contributed by atoms with Crippen LogP contribution in [0.4, 0.5) is 5.69 Å². The van der Waals surface area contributed by atoms with Crippen LogP contribution in [-0.2, 0) is 14.8 Å². The number of sulfonamides is 1. The number of hydrogen-bond acceptors (Lipinski definition) is 4. The molecule has 2 aromatic rings. The van der Waals surface area contributed by atoms with E-state index in [-0.39, 0.29) is 10.8 Å². The summed E-state index contributed by atoms with van der Waals surface area (Å²) < 4.78 is 26.3. The third-order valence-electron chi connectivity index (χ3n) is 3.59. The fraction of sp³-hybridized carbons (Fsp3) is 0.278. The van der Waals surface area contributed by atoms with Crippen molar-refractivity contribution in [2.75, 3.05) is 18.1 Å². The predicted octanol–water partition coefficient (Wildman–Crippen LogP) is 3.41. The van der Waals surface area contributed by atoms with Gasteiger partial charge in [-0.1, -0.05) is 24.3 Å². The molecule has 0 aliphatic rings. The summed E-state index contributed by atoms with van der Waals surface area (Å²) in [5, 5.41) is 2.76. The molecule has 0 aliphatic heterocycles. The maximum atomic E-state index is 12.1. The molecule has 0 radical (unpaired) electrons. The standard InChI is InChI=1S/C18H22N2O3S2/c1-14-10-11-15(13-17(14)25(22,23)19-2)20-18(21)9-6-12-24-16-7-4-3-5-8-16/h3-5,7-8,10-11,13,19H,6,9,12H2,1-2H3,(H,20,21). The van der Waals surface area contributed by atoms with E-state index in [0.717, 1.165) is 12.2 Å². The summed E-state index contributed by atoms with van der Waals surface area (Å²) in [6.45, 7) is 1.72. The summed E-state index contributed by atoms with van der Waals surface area (Å²) >= 11 is 1.71. The Kier molecular flexibility index (Phi) is 7.04. The molecule has 5 nitrogen and oxygen atoms in total. The van der Waals surface area contributed by atoms with Gasteiger partial charge in [0.2, 0.25) is 15.9 Å². The minimum Gasteiger partial charge on any atom is -0.326 e. The van der Waals surface area contributed by atoms with Crippen LogP contribution in [-0.4, -0.2) is 27.1 Å². The van der Waals surface area contributed by atoms with E-state index in [9.17, 15) is 13.2 Å². The van der Waals surface area contributed by atoms with Crippen LogP contribution in [0.1, 0.15) is 18.4 Å². The average Bonchev–Trinajstić information content (AvgIpc) is 2.61. The summed E-state index contributed by atoms with van der Waals surface area (Å²) in [5.74, 6) is 0.732. The molecule has 134 valence electrons. The molecule has 0 fully saturated rings. The van der Waals surface area contributed by atoms with E-state index in [2.05, 4.69) is 10.0 Å². The lowest BCUT2D eigenvalue weighted by atomic mass is 10.2. The van der Waals surface area contributed by atoms with Crippen LogP contribution in [0.3, 0.4) is 0 Å². The van der Waals surface area contributed by atoms with Crippen LogP contribution in [0.25, 0.3) is 0 Å². The van der Waals surface area contributed by atoms with E-state index < -0.39 is 10.0 Å². The number of benzene rings is 2. The largest absolute Gasteiger partial charge is 0.326 e. The molecule has 2 rings (SSSR count). The van der Waals surface area contributed by atoms with E-state index in [4.69, 9.17) is 0 Å². The van der Waals surface area contributed by atoms with Gasteiger partial charge in [-0.15, -0.1) is 11.8 Å². The molecule has 25 heavy (non-hydrogen) atoms. The molecule has 0 spiro atoms. The maximum Gasteiger partial charge on any atom is 0.240 e. The molecular formula is C18H22N2O3S2. The number of hydrogen-bond donors (Lipinski definition) is 2. The maximum absolute atomic E-state index is 12.1. The first-order valence-corrected chi connectivity index (χ1v) is 10.4. The number of anilines is 1. The fourth-order valence-corrected chi connectivity index (χ4v) is 4.11. The number of nitrogens with one attached hydrogen (secondary N) is 2. The minimum atomic E-state index is -3.54. The lowest BCUT2D eigenvalue weighted by Crippen LogP contribution is -2.20. The zero-order valence-electron chi connectivity index (χ0n) is 14.3. The number of rotatable bonds is 8. The molecule has 0 saturated heterocycles. The molecular weight excluding hydrogens is 356 g/mol. The second kappa shape index (κ2) is 9.03. The summed E-state index contributed by atoms with van der Waals surface area (Å²) in [6, 6.07) is 14.9. The monoisotopic (exact) mass is 378 g/mol. The van der Waals surface area contributed by atoms with Crippen molar-refractivity contribution in [3.8, 4) is 0 Å². The van der Waals surface area contributed by atoms with Gasteiger partial charge in [0.05, 0.1) is 4.90 Å². The number of aryl methyl sites for hydroxylation is 1. The van der Waals surface area contributed by atoms with Crippen LogP contribution in [0.5, 0.6) is 0 Å². The Bertz CT molecular complexity index is 821. The first-order valence-electron chi connectivity index (χ1n) is 7.94. The van der Waals surface area contributed by atoms with Gasteiger partial charge in [-0.05, 0) is 56.0 Å². The summed E-state index contributed by atoms with van der Waals surface area (Å²) in [7, 11) is -2.18. The molecule has 2 aromatic carbocycles. The van der Waals surface area contributed by atoms with Crippen LogP contribution < -0.4 is 10.0 Å². The van der Waals surface area contributed by atoms with E-state index >= 15 is 0 Å². The highest BCUT2D eigenvalue weighted by atomic mass is 32.2. The van der Waals surface area contributed by atoms with Gasteiger partial charge in [-0.3, -0.25) is 4.79 Å². The Labute approximate surface area is 153 Å². The normalized spacial score (nSPS) is 11.3. The van der Waals surface area contributed by atoms with Gasteiger partial charge in [0, 0.05) is 17.0 Å². The van der Waals surface area contributed by atoms with Crippen molar-refractivity contribution >= 4 is 33.4 Å². The van der Waals surface area contributed by atoms with Crippen molar-refractivity contribution in [3.05, 3.63) is 54.1 Å². The lowest BCUT2D eigenvalue weighted by Gasteiger charge is -2.10. The Balaban J connectivity index is 1.87. The average molecular weight is 379 g/mol. The van der Waals surface area contributed by atoms with E-state index in [1.165, 1.54) is 18.0 Å². The molecule has 7 heteroatoms. The predicted molar refractivity (Wildman–Crippen MR) is 102 cm³/mol. The first-order chi connectivity index (χ1) is 11.9. The van der Waals surface area contributed by atoms with E-state index in [1.54, 1.807) is 30.8 Å². The number of amides is 1. The van der Waals surface area contributed by atoms with Gasteiger partial charge >= 0.3 is 0 Å². The third kappa shape index (κ3) is 5.88. The summed E-state index contributed by atoms with van der Waals surface area (Å²) in [5.41, 5.74) is 1.12. The van der Waals surface area contributed by atoms with Gasteiger partial charge in [0.25, 0.3) is 0 Å². The zero-order valence-corrected chi connectivity index (χ0v) is 15.9. The smallest absolute Gasteiger partial charge is 0.240 e. The number of carbonyl (C=O) groups excluding carboxylic acids is 1. The highest BCUT2D eigenvalue weighted by molar-refractivity contribution is 7.99. The molecule has 0 aromatic heterocycles. The number of carbonyl (C=O) groups is 1. The van der Waals surface area contributed by atoms with E-state index in [1.807, 2.05) is 30.3 Å². The van der Waals surface area contributed by atoms with Gasteiger partial charge in [0.1, 0.15) is 0 Å². The number of thioether (sulfide) groups is 1. The van der Waals surface area contributed by atoms with Crippen LogP contribution in [0, 0.1) is 6.92 Å². The summed E-state index contributed by atoms with van der Waals surface area (Å²) in [6.07, 6.45) is 1.14. The Hall–Kier alpha value is -1.83. The van der Waals surface area contributed by atoms with Crippen LogP contribution in [0.2, 0.25) is 0 Å². The van der Waals surface area contributed by atoms with Gasteiger partial charge in [-0.25, -0.2) is 13.1 Å². The summed E-state index contributed by atoms with van der Waals surface area (Å²) in [4.78, 5) is 13.4. The molecule has 2 N–H and O–H groups in total. The molecule has 0 saturated carbocycles. The quantitative estimate of drug-likeness (QED) is 0.545. The Morgan fingerprint density at radius 1 is 1.12 bits per heavy atom. The minimum absolute atomic E-state index is 0.120. The first kappa shape index (κ1) is 19.5. The Morgan fingerprint density at radius 3 is 2.52 bits per heavy atom. The van der Waals surface area contributed by atoms with Crippen LogP contribution >= 0.6 is 11.8 Å². The third-order valence-corrected chi connectivity index (χ3v) is 6.24. The second-order valence-electron chi connectivity index (χ2n) is 5.50. The van der Waals surface area contributed by atoms with Crippen LogP contribution in [0.15, 0.2) is 58.3 Å². The molecule has 0 aliphatic carbocycles. The van der Waals surface area contributed by atoms with Crippen molar-refractivity contribution in [1.82, 2.24) is 4.72 Å². The lowest BCUT2D eigenvalue weighted by molar-refractivity contribution is -0.116. The highest BCUT2D eigenvalue weighted by Gasteiger charge is 2.15. The molecule has 0 atom stereocenters. The van der Waals surface area contributed by atoms with Crippen molar-refractivity contribution in [2.45, 2.75) is 29.6 Å². The zero-order chi connectivity index (χ0) is 18.3. The SMILES string of the molecule is CNS(=O)(=O)c1cc(NC(=O)CCCSc2ccccc2)ccc1C. The van der Waals surface area contributed by atoms with Crippen molar-refractivity contribution in [3.63, 3.8) is 0 Å². The van der Waals surface area contributed by atoms with Gasteiger partial charge < -0.3 is 5.32 Å². The highest BCUT2D eigenvalue weighted by Crippen LogP contribution is 2.21. The molecule has 0 bridgehead atoms. The fourth-order valence-electron chi connectivity index (χ4n) is 2.24. The van der Waals surface area contributed by atoms with Crippen molar-refractivity contribution < 1.29 is 13.2 Å². The molecule has 1 amide bonds.